The normalized spacial score (nSPS) is 16.2. The van der Waals surface area contributed by atoms with Crippen LogP contribution in [-0.4, -0.2) is 54.2 Å². The third kappa shape index (κ3) is 7.19. The molecule has 1 fully saturated rings. The average Bonchev–Trinajstić information content (AvgIpc) is 2.91. The van der Waals surface area contributed by atoms with Gasteiger partial charge < -0.3 is 25.8 Å². The number of hydrogen-bond acceptors (Lipinski definition) is 6. The van der Waals surface area contributed by atoms with Crippen molar-refractivity contribution in [2.24, 2.45) is 11.1 Å². The molecular formula is C29H35F3N4O3. The SMILES string of the molecule is COc1ccc2ncc(CN)c([C@@H](F)CCC3(CC(=O)O)CCN(CCNc4cc(F)cc(F)c4)CC3)c2c1. The number of anilines is 1. The van der Waals surface area contributed by atoms with Crippen molar-refractivity contribution in [3.8, 4) is 5.75 Å². The summed E-state index contributed by atoms with van der Waals surface area (Å²) in [6.45, 7) is 2.58. The molecule has 10 heteroatoms. The second-order valence-corrected chi connectivity index (χ2v) is 10.3. The lowest BCUT2D eigenvalue weighted by molar-refractivity contribution is -0.141. The third-order valence-corrected chi connectivity index (χ3v) is 7.72. The molecule has 4 N–H and O–H groups in total. The van der Waals surface area contributed by atoms with Crippen LogP contribution in [-0.2, 0) is 11.3 Å². The summed E-state index contributed by atoms with van der Waals surface area (Å²) in [5.74, 6) is -1.58. The lowest BCUT2D eigenvalue weighted by Crippen LogP contribution is -2.43. The number of ether oxygens (including phenoxy) is 1. The summed E-state index contributed by atoms with van der Waals surface area (Å²) < 4.78 is 48.1. The summed E-state index contributed by atoms with van der Waals surface area (Å²) >= 11 is 0. The van der Waals surface area contributed by atoms with Crippen LogP contribution in [0.1, 0.15) is 49.4 Å². The smallest absolute Gasteiger partial charge is 0.303 e. The second kappa shape index (κ2) is 12.7. The number of benzene rings is 2. The number of halogens is 3. The molecule has 0 unspecified atom stereocenters. The van der Waals surface area contributed by atoms with Crippen LogP contribution in [0.25, 0.3) is 10.9 Å². The summed E-state index contributed by atoms with van der Waals surface area (Å²) in [4.78, 5) is 18.4. The van der Waals surface area contributed by atoms with Gasteiger partial charge in [-0.3, -0.25) is 9.78 Å². The van der Waals surface area contributed by atoms with Crippen molar-refractivity contribution in [3.05, 3.63) is 65.4 Å². The van der Waals surface area contributed by atoms with Gasteiger partial charge >= 0.3 is 5.97 Å². The van der Waals surface area contributed by atoms with Crippen LogP contribution in [0, 0.1) is 17.0 Å². The number of carboxylic acid groups (broad SMARTS) is 1. The van der Waals surface area contributed by atoms with Crippen LogP contribution in [0.5, 0.6) is 5.75 Å². The Morgan fingerprint density at radius 1 is 1.21 bits per heavy atom. The van der Waals surface area contributed by atoms with Gasteiger partial charge in [0.05, 0.1) is 19.0 Å². The highest BCUT2D eigenvalue weighted by Gasteiger charge is 2.37. The Hall–Kier alpha value is -3.37. The van der Waals surface area contributed by atoms with Gasteiger partial charge in [-0.15, -0.1) is 0 Å². The molecule has 0 aliphatic carbocycles. The number of carbonyl (C=O) groups is 1. The van der Waals surface area contributed by atoms with Crippen molar-refractivity contribution in [2.75, 3.05) is 38.6 Å². The number of pyridine rings is 1. The van der Waals surface area contributed by atoms with E-state index >= 15 is 4.39 Å². The maximum absolute atomic E-state index is 15.9. The minimum Gasteiger partial charge on any atom is -0.497 e. The van der Waals surface area contributed by atoms with Crippen molar-refractivity contribution in [3.63, 3.8) is 0 Å². The van der Waals surface area contributed by atoms with Crippen LogP contribution in [0.3, 0.4) is 0 Å². The van der Waals surface area contributed by atoms with Crippen molar-refractivity contribution in [2.45, 2.75) is 44.8 Å². The zero-order valence-corrected chi connectivity index (χ0v) is 22.1. The number of methoxy groups -OCH3 is 1. The topological polar surface area (TPSA) is 101 Å². The summed E-state index contributed by atoms with van der Waals surface area (Å²) in [5, 5.41) is 13.3. The largest absolute Gasteiger partial charge is 0.497 e. The molecule has 1 aliphatic rings. The van der Waals surface area contributed by atoms with E-state index in [9.17, 15) is 18.7 Å². The van der Waals surface area contributed by atoms with Gasteiger partial charge in [0, 0.05) is 48.5 Å². The van der Waals surface area contributed by atoms with E-state index in [1.165, 1.54) is 12.1 Å². The van der Waals surface area contributed by atoms with E-state index in [0.29, 0.717) is 78.9 Å². The number of hydrogen-bond donors (Lipinski definition) is 3. The van der Waals surface area contributed by atoms with E-state index in [4.69, 9.17) is 10.5 Å². The summed E-state index contributed by atoms with van der Waals surface area (Å²) in [7, 11) is 1.55. The lowest BCUT2D eigenvalue weighted by atomic mass is 9.71. The number of rotatable bonds is 12. The van der Waals surface area contributed by atoms with Crippen LogP contribution >= 0.6 is 0 Å². The number of aliphatic carboxylic acids is 1. The first-order valence-electron chi connectivity index (χ1n) is 13.2. The molecule has 1 aliphatic heterocycles. The van der Waals surface area contributed by atoms with E-state index in [1.54, 1.807) is 31.5 Å². The van der Waals surface area contributed by atoms with E-state index in [-0.39, 0.29) is 19.4 Å². The quantitative estimate of drug-likeness (QED) is 0.279. The molecule has 2 heterocycles. The molecule has 4 rings (SSSR count). The third-order valence-electron chi connectivity index (χ3n) is 7.72. The first kappa shape index (κ1) is 28.6. The van der Waals surface area contributed by atoms with Crippen molar-refractivity contribution in [1.82, 2.24) is 9.88 Å². The minimum atomic E-state index is -1.33. The molecule has 2 aromatic carbocycles. The van der Waals surface area contributed by atoms with Crippen molar-refractivity contribution >= 4 is 22.6 Å². The Morgan fingerprint density at radius 2 is 1.92 bits per heavy atom. The Morgan fingerprint density at radius 3 is 2.56 bits per heavy atom. The highest BCUT2D eigenvalue weighted by Crippen LogP contribution is 2.43. The number of nitrogens with two attached hydrogens (primary N) is 1. The van der Waals surface area contributed by atoms with Gasteiger partial charge in [0.15, 0.2) is 0 Å². The predicted octanol–water partition coefficient (Wildman–Crippen LogP) is 5.44. The number of nitrogens with one attached hydrogen (secondary N) is 1. The molecule has 1 saturated heterocycles. The predicted molar refractivity (Wildman–Crippen MR) is 144 cm³/mol. The molecule has 0 amide bonds. The summed E-state index contributed by atoms with van der Waals surface area (Å²) in [5.41, 5.74) is 7.54. The van der Waals surface area contributed by atoms with Crippen LogP contribution in [0.4, 0.5) is 18.9 Å². The van der Waals surface area contributed by atoms with Gasteiger partial charge in [-0.05, 0) is 80.1 Å². The monoisotopic (exact) mass is 544 g/mol. The first-order chi connectivity index (χ1) is 18.7. The van der Waals surface area contributed by atoms with E-state index in [0.717, 1.165) is 6.07 Å². The van der Waals surface area contributed by atoms with Gasteiger partial charge in [0.2, 0.25) is 0 Å². The molecule has 0 spiro atoms. The number of nitrogens with zero attached hydrogens (tertiary/aromatic N) is 2. The Balaban J connectivity index is 1.40. The van der Waals surface area contributed by atoms with E-state index in [1.807, 2.05) is 0 Å². The second-order valence-electron chi connectivity index (χ2n) is 10.3. The maximum Gasteiger partial charge on any atom is 0.303 e. The standard InChI is InChI=1S/C29H35F3N4O3/c1-39-23-2-3-26-24(15-23)28(19(17-33)18-35-26)25(32)4-5-29(16-27(37)38)6-9-36(10-7-29)11-8-34-22-13-20(30)12-21(31)14-22/h2-3,12-15,18,25,34H,4-11,16-17,33H2,1H3,(H,37,38)/t25-/m0/s1. The number of aromatic nitrogens is 1. The molecule has 1 atom stereocenters. The molecule has 210 valence electrons. The molecule has 0 saturated carbocycles. The molecular weight excluding hydrogens is 509 g/mol. The highest BCUT2D eigenvalue weighted by molar-refractivity contribution is 5.85. The molecule has 7 nitrogen and oxygen atoms in total. The van der Waals surface area contributed by atoms with E-state index < -0.39 is 29.2 Å². The number of fused-ring (bicyclic) bond motifs is 1. The van der Waals surface area contributed by atoms with Crippen LogP contribution < -0.4 is 15.8 Å². The van der Waals surface area contributed by atoms with Gasteiger partial charge in [-0.25, -0.2) is 13.2 Å². The molecule has 39 heavy (non-hydrogen) atoms. The fraction of sp³-hybridized carbons (Fsp3) is 0.448. The Kier molecular flexibility index (Phi) is 9.29. The number of carboxylic acids is 1. The molecule has 3 aromatic rings. The van der Waals surface area contributed by atoms with Gasteiger partial charge in [0.1, 0.15) is 23.6 Å². The zero-order chi connectivity index (χ0) is 28.0. The fourth-order valence-corrected chi connectivity index (χ4v) is 5.57. The van der Waals surface area contributed by atoms with Crippen LogP contribution in [0.2, 0.25) is 0 Å². The van der Waals surface area contributed by atoms with Gasteiger partial charge in [-0.1, -0.05) is 0 Å². The highest BCUT2D eigenvalue weighted by atomic mass is 19.1. The lowest BCUT2D eigenvalue weighted by Gasteiger charge is -2.41. The molecule has 0 bridgehead atoms. The molecule has 1 aromatic heterocycles. The van der Waals surface area contributed by atoms with Crippen molar-refractivity contribution in [1.29, 1.82) is 0 Å². The van der Waals surface area contributed by atoms with E-state index in [2.05, 4.69) is 15.2 Å². The average molecular weight is 545 g/mol. The van der Waals surface area contributed by atoms with Gasteiger partial charge in [-0.2, -0.15) is 0 Å². The summed E-state index contributed by atoms with van der Waals surface area (Å²) in [6.07, 6.45) is 2.08. The molecule has 0 radical (unpaired) electrons. The summed E-state index contributed by atoms with van der Waals surface area (Å²) in [6, 6.07) is 8.62. The van der Waals surface area contributed by atoms with Crippen molar-refractivity contribution < 1.29 is 27.8 Å². The fourth-order valence-electron chi connectivity index (χ4n) is 5.57. The minimum absolute atomic E-state index is 0.0248. The maximum atomic E-state index is 15.9. The number of alkyl halides is 1. The Labute approximate surface area is 226 Å². The van der Waals surface area contributed by atoms with Crippen LogP contribution in [0.15, 0.2) is 42.6 Å². The van der Waals surface area contributed by atoms with Gasteiger partial charge in [0.25, 0.3) is 0 Å². The zero-order valence-electron chi connectivity index (χ0n) is 22.1. The number of likely N-dealkylation sites (tertiary alicyclic amines) is 1. The number of piperidine rings is 1. The first-order valence-corrected chi connectivity index (χ1v) is 13.2. The Bertz CT molecular complexity index is 1270.